The first-order chi connectivity index (χ1) is 19.2. The van der Waals surface area contributed by atoms with Gasteiger partial charge in [0.25, 0.3) is 11.8 Å². The number of fused-ring (bicyclic) bond motifs is 2. The standard InChI is InChI=1S/C30H35N5O4S/c1-34(40(2,38)39)28-10-5-4-9-23(28)21-11-13-24-26(19-21)32-27-20-22(12-14-25(27)33-30(24)37)29(36)31-15-8-18-35-16-6-3-7-17-35/h4-5,9-14,19-20,32H,3,6-8,15-18H2,1-2H3,(H,31,36)(H,33,37). The first-order valence-electron chi connectivity index (χ1n) is 13.6. The van der Waals surface area contributed by atoms with Crippen LogP contribution in [0.15, 0.2) is 60.7 Å². The van der Waals surface area contributed by atoms with Gasteiger partial charge in [-0.05, 0) is 80.9 Å². The maximum absolute atomic E-state index is 13.0. The summed E-state index contributed by atoms with van der Waals surface area (Å²) in [5, 5.41) is 9.26. The van der Waals surface area contributed by atoms with Crippen molar-refractivity contribution in [3.63, 3.8) is 0 Å². The Morgan fingerprint density at radius 3 is 2.48 bits per heavy atom. The second-order valence-electron chi connectivity index (χ2n) is 10.4. The van der Waals surface area contributed by atoms with Crippen molar-refractivity contribution in [1.29, 1.82) is 0 Å². The molecule has 3 aromatic carbocycles. The van der Waals surface area contributed by atoms with Gasteiger partial charge in [-0.1, -0.05) is 30.7 Å². The van der Waals surface area contributed by atoms with Crippen LogP contribution >= 0.6 is 0 Å². The zero-order valence-electron chi connectivity index (χ0n) is 22.9. The average molecular weight is 562 g/mol. The minimum atomic E-state index is -3.47. The largest absolute Gasteiger partial charge is 0.353 e. The number of likely N-dealkylation sites (tertiary alicyclic amines) is 1. The summed E-state index contributed by atoms with van der Waals surface area (Å²) in [5.74, 6) is -0.435. The van der Waals surface area contributed by atoms with Crippen molar-refractivity contribution >= 4 is 44.6 Å². The number of rotatable bonds is 8. The molecule has 2 aliphatic rings. The van der Waals surface area contributed by atoms with E-state index in [4.69, 9.17) is 0 Å². The van der Waals surface area contributed by atoms with E-state index in [0.717, 1.165) is 37.9 Å². The van der Waals surface area contributed by atoms with Crippen LogP contribution in [0.25, 0.3) is 11.1 Å². The maximum atomic E-state index is 13.0. The summed E-state index contributed by atoms with van der Waals surface area (Å²) < 4.78 is 25.7. The van der Waals surface area contributed by atoms with Crippen LogP contribution in [-0.4, -0.2) is 64.6 Å². The van der Waals surface area contributed by atoms with Crippen molar-refractivity contribution in [1.82, 2.24) is 10.2 Å². The number of nitrogens with one attached hydrogen (secondary N) is 3. The normalized spacial score (nSPS) is 15.2. The van der Waals surface area contributed by atoms with Crippen LogP contribution < -0.4 is 20.3 Å². The van der Waals surface area contributed by atoms with E-state index in [1.54, 1.807) is 42.5 Å². The minimum absolute atomic E-state index is 0.162. The first kappa shape index (κ1) is 27.7. The van der Waals surface area contributed by atoms with Gasteiger partial charge in [0.05, 0.1) is 34.6 Å². The molecule has 1 fully saturated rings. The third-order valence-corrected chi connectivity index (χ3v) is 8.69. The number of benzene rings is 3. The Morgan fingerprint density at radius 2 is 1.70 bits per heavy atom. The Balaban J connectivity index is 1.35. The number of sulfonamides is 1. The zero-order valence-corrected chi connectivity index (χ0v) is 23.7. The lowest BCUT2D eigenvalue weighted by Gasteiger charge is -2.26. The van der Waals surface area contributed by atoms with Gasteiger partial charge in [0.15, 0.2) is 0 Å². The Morgan fingerprint density at radius 1 is 0.925 bits per heavy atom. The molecule has 0 radical (unpaired) electrons. The minimum Gasteiger partial charge on any atom is -0.353 e. The fraction of sp³-hybridized carbons (Fsp3) is 0.333. The van der Waals surface area contributed by atoms with Crippen LogP contribution in [0.4, 0.5) is 22.7 Å². The molecule has 0 aliphatic carbocycles. The lowest BCUT2D eigenvalue weighted by Crippen LogP contribution is -2.33. The van der Waals surface area contributed by atoms with Crippen molar-refractivity contribution in [2.24, 2.45) is 0 Å². The number of nitrogens with zero attached hydrogens (tertiary/aromatic N) is 2. The second kappa shape index (κ2) is 11.7. The molecular formula is C30H35N5O4S. The molecule has 5 rings (SSSR count). The molecule has 1 saturated heterocycles. The number of hydrogen-bond donors (Lipinski definition) is 3. The highest BCUT2D eigenvalue weighted by Crippen LogP contribution is 2.37. The van der Waals surface area contributed by atoms with E-state index < -0.39 is 10.0 Å². The number of para-hydroxylation sites is 1. The van der Waals surface area contributed by atoms with Gasteiger partial charge in [0, 0.05) is 24.7 Å². The van der Waals surface area contributed by atoms with Gasteiger partial charge in [-0.3, -0.25) is 13.9 Å². The van der Waals surface area contributed by atoms with Crippen molar-refractivity contribution in [3.05, 3.63) is 71.8 Å². The predicted octanol–water partition coefficient (Wildman–Crippen LogP) is 4.66. The lowest BCUT2D eigenvalue weighted by atomic mass is 10.0. The topological polar surface area (TPSA) is 111 Å². The van der Waals surface area contributed by atoms with Crippen molar-refractivity contribution < 1.29 is 18.0 Å². The quantitative estimate of drug-likeness (QED) is 0.345. The van der Waals surface area contributed by atoms with Gasteiger partial charge in [-0.15, -0.1) is 0 Å². The van der Waals surface area contributed by atoms with Gasteiger partial charge in [-0.2, -0.15) is 0 Å². The molecule has 3 N–H and O–H groups in total. The second-order valence-corrected chi connectivity index (χ2v) is 12.4. The van der Waals surface area contributed by atoms with Crippen molar-refractivity contribution in [2.45, 2.75) is 25.7 Å². The number of amides is 2. The highest BCUT2D eigenvalue weighted by Gasteiger charge is 2.22. The molecule has 210 valence electrons. The van der Waals surface area contributed by atoms with Crippen LogP contribution in [0.5, 0.6) is 0 Å². The summed E-state index contributed by atoms with van der Waals surface area (Å²) in [7, 11) is -1.96. The average Bonchev–Trinajstić information content (AvgIpc) is 3.09. The molecule has 2 aliphatic heterocycles. The molecule has 0 atom stereocenters. The van der Waals surface area contributed by atoms with E-state index >= 15 is 0 Å². The smallest absolute Gasteiger partial charge is 0.257 e. The summed E-state index contributed by atoms with van der Waals surface area (Å²) in [4.78, 5) is 28.4. The zero-order chi connectivity index (χ0) is 28.3. The number of anilines is 4. The van der Waals surface area contributed by atoms with Crippen LogP contribution in [0, 0.1) is 0 Å². The fourth-order valence-corrected chi connectivity index (χ4v) is 5.72. The molecule has 9 nitrogen and oxygen atoms in total. The van der Waals surface area contributed by atoms with E-state index in [1.807, 2.05) is 18.2 Å². The maximum Gasteiger partial charge on any atom is 0.257 e. The van der Waals surface area contributed by atoms with Gasteiger partial charge >= 0.3 is 0 Å². The summed E-state index contributed by atoms with van der Waals surface area (Å²) >= 11 is 0. The summed E-state index contributed by atoms with van der Waals surface area (Å²) in [6, 6.07) is 17.7. The van der Waals surface area contributed by atoms with Crippen LogP contribution in [0.1, 0.15) is 46.4 Å². The SMILES string of the molecule is CN(c1ccccc1-c1ccc2c(c1)Nc1cc(C(=O)NCCCN3CCCCC3)ccc1NC2=O)S(C)(=O)=O. The molecule has 2 heterocycles. The third-order valence-electron chi connectivity index (χ3n) is 7.50. The number of hydrogen-bond acceptors (Lipinski definition) is 6. The number of carbonyl (C=O) groups excluding carboxylic acids is 2. The van der Waals surface area contributed by atoms with Crippen LogP contribution in [-0.2, 0) is 10.0 Å². The van der Waals surface area contributed by atoms with Crippen molar-refractivity contribution in [2.75, 3.05) is 54.4 Å². The molecule has 0 unspecified atom stereocenters. The number of piperidine rings is 1. The highest BCUT2D eigenvalue weighted by atomic mass is 32.2. The van der Waals surface area contributed by atoms with E-state index in [0.29, 0.717) is 46.0 Å². The molecule has 40 heavy (non-hydrogen) atoms. The molecule has 0 bridgehead atoms. The predicted molar refractivity (Wildman–Crippen MR) is 160 cm³/mol. The van der Waals surface area contributed by atoms with Crippen LogP contribution in [0.3, 0.4) is 0 Å². The Labute approximate surface area is 235 Å². The Bertz CT molecular complexity index is 1530. The Hall–Kier alpha value is -3.89. The fourth-order valence-electron chi connectivity index (χ4n) is 5.21. The molecular weight excluding hydrogens is 526 g/mol. The molecule has 0 saturated carbocycles. The summed E-state index contributed by atoms with van der Waals surface area (Å²) in [6.45, 7) is 3.86. The van der Waals surface area contributed by atoms with E-state index in [1.165, 1.54) is 30.6 Å². The van der Waals surface area contributed by atoms with E-state index in [-0.39, 0.29) is 11.8 Å². The molecule has 10 heteroatoms. The molecule has 0 spiro atoms. The van der Waals surface area contributed by atoms with E-state index in [9.17, 15) is 18.0 Å². The van der Waals surface area contributed by atoms with E-state index in [2.05, 4.69) is 20.9 Å². The highest BCUT2D eigenvalue weighted by molar-refractivity contribution is 7.92. The number of carbonyl (C=O) groups is 2. The van der Waals surface area contributed by atoms with Gasteiger partial charge in [-0.25, -0.2) is 8.42 Å². The van der Waals surface area contributed by atoms with Crippen LogP contribution in [0.2, 0.25) is 0 Å². The van der Waals surface area contributed by atoms with Gasteiger partial charge in [0.1, 0.15) is 0 Å². The third kappa shape index (κ3) is 6.13. The Kier molecular flexibility index (Phi) is 8.09. The first-order valence-corrected chi connectivity index (χ1v) is 15.5. The molecule has 2 amide bonds. The van der Waals surface area contributed by atoms with Crippen molar-refractivity contribution in [3.8, 4) is 11.1 Å². The monoisotopic (exact) mass is 561 g/mol. The van der Waals surface area contributed by atoms with Gasteiger partial charge in [0.2, 0.25) is 10.0 Å². The van der Waals surface area contributed by atoms with Gasteiger partial charge < -0.3 is 20.9 Å². The molecule has 3 aromatic rings. The summed E-state index contributed by atoms with van der Waals surface area (Å²) in [6.07, 6.45) is 5.86. The summed E-state index contributed by atoms with van der Waals surface area (Å²) in [5.41, 5.74) is 4.66. The molecule has 0 aromatic heterocycles. The lowest BCUT2D eigenvalue weighted by molar-refractivity contribution is 0.0950.